The molecule has 4 rings (SSSR count). The van der Waals surface area contributed by atoms with Gasteiger partial charge >= 0.3 is 0 Å². The van der Waals surface area contributed by atoms with E-state index in [0.29, 0.717) is 34.6 Å². The van der Waals surface area contributed by atoms with E-state index in [1.54, 1.807) is 54.6 Å². The summed E-state index contributed by atoms with van der Waals surface area (Å²) < 4.78 is 11.9. The average molecular weight is 559 g/mol. The van der Waals surface area contributed by atoms with E-state index in [1.807, 2.05) is 25.1 Å². The summed E-state index contributed by atoms with van der Waals surface area (Å²) in [6, 6.07) is 19.3. The van der Waals surface area contributed by atoms with Crippen molar-refractivity contribution in [1.82, 2.24) is 10.4 Å². The zero-order chi connectivity index (χ0) is 25.7. The van der Waals surface area contributed by atoms with E-state index in [-0.39, 0.29) is 14.9 Å². The number of thioether (sulfide) groups is 1. The van der Waals surface area contributed by atoms with Gasteiger partial charge < -0.3 is 9.47 Å². The smallest absolute Gasteiger partial charge is 0.285 e. The third-order valence-corrected chi connectivity index (χ3v) is 6.88. The zero-order valence-corrected chi connectivity index (χ0v) is 22.1. The number of thiocarbonyl (C=S) groups is 1. The largest absolute Gasteiger partial charge is 0.490 e. The van der Waals surface area contributed by atoms with E-state index in [0.717, 1.165) is 27.9 Å². The fraction of sp³-hybridized carbons (Fsp3) is 0.115. The van der Waals surface area contributed by atoms with Crippen LogP contribution in [0.4, 0.5) is 0 Å². The van der Waals surface area contributed by atoms with Crippen LogP contribution in [0, 0.1) is 0 Å². The SMILES string of the molecule is CCOc1cc(/C=C2\SC(=S)N(NC(=O)c3ccccc3Cl)C2=O)ccc1OCc1ccc(Cl)cc1. The summed E-state index contributed by atoms with van der Waals surface area (Å²) in [5.74, 6) is 0.150. The van der Waals surface area contributed by atoms with E-state index in [4.69, 9.17) is 44.9 Å². The molecule has 36 heavy (non-hydrogen) atoms. The molecule has 3 aromatic carbocycles. The first-order valence-electron chi connectivity index (χ1n) is 10.8. The summed E-state index contributed by atoms with van der Waals surface area (Å²) in [5.41, 5.74) is 4.46. The maximum absolute atomic E-state index is 13.0. The molecule has 184 valence electrons. The van der Waals surface area contributed by atoms with Crippen LogP contribution >= 0.6 is 47.2 Å². The van der Waals surface area contributed by atoms with Crippen molar-refractivity contribution in [2.45, 2.75) is 13.5 Å². The number of nitrogens with one attached hydrogen (secondary N) is 1. The highest BCUT2D eigenvalue weighted by Crippen LogP contribution is 2.34. The topological polar surface area (TPSA) is 67.9 Å². The molecule has 0 bridgehead atoms. The van der Waals surface area contributed by atoms with Gasteiger partial charge in [0.1, 0.15) is 6.61 Å². The molecular formula is C26H20Cl2N2O4S2. The van der Waals surface area contributed by atoms with Crippen LogP contribution in [0.25, 0.3) is 6.08 Å². The van der Waals surface area contributed by atoms with Crippen LogP contribution in [-0.2, 0) is 11.4 Å². The van der Waals surface area contributed by atoms with Gasteiger partial charge in [0, 0.05) is 5.02 Å². The summed E-state index contributed by atoms with van der Waals surface area (Å²) in [6.07, 6.45) is 1.69. The number of carbonyl (C=O) groups is 2. The van der Waals surface area contributed by atoms with Crippen molar-refractivity contribution in [2.75, 3.05) is 6.61 Å². The molecule has 1 aliphatic rings. The highest BCUT2D eigenvalue weighted by atomic mass is 35.5. The lowest BCUT2D eigenvalue weighted by molar-refractivity contribution is -0.123. The number of amides is 2. The van der Waals surface area contributed by atoms with Gasteiger partial charge in [-0.05, 0) is 72.7 Å². The Labute approximate surface area is 228 Å². The molecule has 6 nitrogen and oxygen atoms in total. The Hall–Kier alpha value is -3.04. The lowest BCUT2D eigenvalue weighted by Crippen LogP contribution is -2.44. The second-order valence-electron chi connectivity index (χ2n) is 7.49. The van der Waals surface area contributed by atoms with Gasteiger partial charge in [-0.1, -0.05) is 65.3 Å². The van der Waals surface area contributed by atoms with E-state index in [2.05, 4.69) is 5.43 Å². The summed E-state index contributed by atoms with van der Waals surface area (Å²) in [4.78, 5) is 25.9. The molecule has 2 amide bonds. The molecule has 0 aliphatic carbocycles. The number of ether oxygens (including phenoxy) is 2. The van der Waals surface area contributed by atoms with E-state index >= 15 is 0 Å². The van der Waals surface area contributed by atoms with Crippen LogP contribution in [0.2, 0.25) is 10.0 Å². The lowest BCUT2D eigenvalue weighted by Gasteiger charge is -2.16. The van der Waals surface area contributed by atoms with Gasteiger partial charge in [-0.3, -0.25) is 15.0 Å². The molecule has 1 heterocycles. The molecule has 3 aromatic rings. The Morgan fingerprint density at radius 1 is 1.06 bits per heavy atom. The molecule has 0 aromatic heterocycles. The van der Waals surface area contributed by atoms with Crippen molar-refractivity contribution in [2.24, 2.45) is 0 Å². The molecule has 1 fully saturated rings. The van der Waals surface area contributed by atoms with Crippen molar-refractivity contribution in [3.05, 3.63) is 98.4 Å². The first-order chi connectivity index (χ1) is 17.4. The van der Waals surface area contributed by atoms with Crippen LogP contribution in [-0.4, -0.2) is 27.8 Å². The fourth-order valence-electron chi connectivity index (χ4n) is 3.27. The maximum atomic E-state index is 13.0. The molecule has 0 saturated carbocycles. The molecule has 1 aliphatic heterocycles. The number of hydrogen-bond donors (Lipinski definition) is 1. The zero-order valence-electron chi connectivity index (χ0n) is 19.0. The number of benzene rings is 3. The highest BCUT2D eigenvalue weighted by Gasteiger charge is 2.34. The van der Waals surface area contributed by atoms with Gasteiger partial charge in [-0.15, -0.1) is 0 Å². The minimum atomic E-state index is -0.529. The average Bonchev–Trinajstić information content (AvgIpc) is 3.12. The Balaban J connectivity index is 1.49. The van der Waals surface area contributed by atoms with Gasteiger partial charge in [0.2, 0.25) is 0 Å². The number of halogens is 2. The third kappa shape index (κ3) is 6.20. The molecule has 0 unspecified atom stereocenters. The molecule has 0 atom stereocenters. The predicted molar refractivity (Wildman–Crippen MR) is 147 cm³/mol. The fourth-order valence-corrected chi connectivity index (χ4v) is 4.79. The Kier molecular flexibility index (Phi) is 8.53. The van der Waals surface area contributed by atoms with Crippen LogP contribution in [0.1, 0.15) is 28.4 Å². The van der Waals surface area contributed by atoms with Gasteiger partial charge in [-0.25, -0.2) is 0 Å². The second-order valence-corrected chi connectivity index (χ2v) is 10.0. The quantitative estimate of drug-likeness (QED) is 0.251. The van der Waals surface area contributed by atoms with Crippen molar-refractivity contribution >= 4 is 69.4 Å². The Morgan fingerprint density at radius 2 is 1.81 bits per heavy atom. The number of carbonyl (C=O) groups excluding carboxylic acids is 2. The first kappa shape index (κ1) is 26.0. The molecule has 1 saturated heterocycles. The number of rotatable bonds is 8. The Bertz CT molecular complexity index is 1350. The lowest BCUT2D eigenvalue weighted by atomic mass is 10.1. The minimum absolute atomic E-state index is 0.208. The standard InChI is InChI=1S/C26H20Cl2N2O4S2/c1-2-33-22-13-17(9-12-21(22)34-15-16-7-10-18(27)11-8-16)14-23-25(32)30(26(35)36-23)29-24(31)19-5-3-4-6-20(19)28/h3-14H,2,15H2,1H3,(H,29,31)/b23-14-. The number of hydrazine groups is 1. The molecular weight excluding hydrogens is 539 g/mol. The molecule has 10 heteroatoms. The molecule has 0 spiro atoms. The van der Waals surface area contributed by atoms with Crippen LogP contribution < -0.4 is 14.9 Å². The van der Waals surface area contributed by atoms with Crippen molar-refractivity contribution in [1.29, 1.82) is 0 Å². The second kappa shape index (κ2) is 11.8. The number of hydrogen-bond acceptors (Lipinski definition) is 6. The summed E-state index contributed by atoms with van der Waals surface area (Å²) >= 11 is 18.4. The third-order valence-electron chi connectivity index (χ3n) is 5.00. The van der Waals surface area contributed by atoms with E-state index < -0.39 is 11.8 Å². The van der Waals surface area contributed by atoms with Gasteiger partial charge in [0.05, 0.1) is 22.1 Å². The van der Waals surface area contributed by atoms with Crippen molar-refractivity contribution in [3.63, 3.8) is 0 Å². The highest BCUT2D eigenvalue weighted by molar-refractivity contribution is 8.26. The van der Waals surface area contributed by atoms with E-state index in [9.17, 15) is 9.59 Å². The van der Waals surface area contributed by atoms with E-state index in [1.165, 1.54) is 0 Å². The van der Waals surface area contributed by atoms with Crippen LogP contribution in [0.3, 0.4) is 0 Å². The van der Waals surface area contributed by atoms with Gasteiger partial charge in [-0.2, -0.15) is 5.01 Å². The van der Waals surface area contributed by atoms with Crippen molar-refractivity contribution < 1.29 is 19.1 Å². The molecule has 1 N–H and O–H groups in total. The monoisotopic (exact) mass is 558 g/mol. The summed E-state index contributed by atoms with van der Waals surface area (Å²) in [7, 11) is 0. The summed E-state index contributed by atoms with van der Waals surface area (Å²) in [5, 5.41) is 1.98. The van der Waals surface area contributed by atoms with Crippen LogP contribution in [0.5, 0.6) is 11.5 Å². The van der Waals surface area contributed by atoms with Crippen molar-refractivity contribution in [3.8, 4) is 11.5 Å². The number of nitrogens with zero attached hydrogens (tertiary/aromatic N) is 1. The maximum Gasteiger partial charge on any atom is 0.285 e. The first-order valence-corrected chi connectivity index (χ1v) is 12.8. The van der Waals surface area contributed by atoms with Gasteiger partial charge in [0.25, 0.3) is 11.8 Å². The van der Waals surface area contributed by atoms with Crippen LogP contribution in [0.15, 0.2) is 71.6 Å². The molecule has 0 radical (unpaired) electrons. The van der Waals surface area contributed by atoms with Gasteiger partial charge in [0.15, 0.2) is 15.8 Å². The Morgan fingerprint density at radius 3 is 2.53 bits per heavy atom. The predicted octanol–water partition coefficient (Wildman–Crippen LogP) is 6.52. The minimum Gasteiger partial charge on any atom is -0.490 e. The summed E-state index contributed by atoms with van der Waals surface area (Å²) in [6.45, 7) is 2.67. The normalized spacial score (nSPS) is 14.3.